The molecule has 39 heavy (non-hydrogen) atoms. The lowest BCUT2D eigenvalue weighted by Gasteiger charge is -2.31. The Balaban J connectivity index is 1.24. The topological polar surface area (TPSA) is 99.7 Å². The van der Waals surface area contributed by atoms with Crippen molar-refractivity contribution in [2.24, 2.45) is 5.41 Å². The number of aromatic nitrogens is 2. The quantitative estimate of drug-likeness (QED) is 0.550. The fourth-order valence-corrected chi connectivity index (χ4v) is 6.37. The van der Waals surface area contributed by atoms with Gasteiger partial charge in [0.15, 0.2) is 5.82 Å². The molecule has 2 aromatic rings. The van der Waals surface area contributed by atoms with E-state index in [2.05, 4.69) is 20.5 Å². The van der Waals surface area contributed by atoms with Gasteiger partial charge in [0.1, 0.15) is 17.6 Å². The summed E-state index contributed by atoms with van der Waals surface area (Å²) in [5.74, 6) is 1.64. The van der Waals surface area contributed by atoms with Gasteiger partial charge in [-0.1, -0.05) is 12.8 Å². The number of nitrogens with zero attached hydrogens (tertiary/aromatic N) is 4. The van der Waals surface area contributed by atoms with E-state index in [0.29, 0.717) is 61.2 Å². The first-order valence-electron chi connectivity index (χ1n) is 14.2. The number of amides is 2. The molecule has 9 nitrogen and oxygen atoms in total. The van der Waals surface area contributed by atoms with Gasteiger partial charge >= 0.3 is 0 Å². The summed E-state index contributed by atoms with van der Waals surface area (Å²) >= 11 is 0. The highest BCUT2D eigenvalue weighted by Crippen LogP contribution is 2.52. The predicted molar refractivity (Wildman–Crippen MR) is 148 cm³/mol. The van der Waals surface area contributed by atoms with E-state index < -0.39 is 6.17 Å². The normalized spacial score (nSPS) is 24.3. The second-order valence-electron chi connectivity index (χ2n) is 11.6. The number of hydrogen-bond acceptors (Lipinski definition) is 7. The van der Waals surface area contributed by atoms with Crippen LogP contribution in [-0.2, 0) is 4.79 Å². The van der Waals surface area contributed by atoms with Gasteiger partial charge in [-0.05, 0) is 69.6 Å². The predicted octanol–water partition coefficient (Wildman–Crippen LogP) is 4.74. The minimum absolute atomic E-state index is 0.0103. The third kappa shape index (κ3) is 5.01. The summed E-state index contributed by atoms with van der Waals surface area (Å²) < 4.78 is 19.1. The van der Waals surface area contributed by atoms with Gasteiger partial charge in [0.25, 0.3) is 5.91 Å². The van der Waals surface area contributed by atoms with Crippen molar-refractivity contribution >= 4 is 35.0 Å². The number of carbonyl (C=O) groups is 2. The number of alkyl halides is 1. The van der Waals surface area contributed by atoms with Gasteiger partial charge in [-0.15, -0.1) is 0 Å². The Morgan fingerprint density at radius 1 is 1.13 bits per heavy atom. The maximum absolute atomic E-state index is 13.5. The van der Waals surface area contributed by atoms with Crippen LogP contribution < -0.4 is 25.2 Å². The molecule has 2 heterocycles. The molecule has 3 saturated carbocycles. The highest BCUT2D eigenvalue weighted by Gasteiger charge is 2.55. The molecule has 3 fully saturated rings. The highest BCUT2D eigenvalue weighted by atomic mass is 19.1. The van der Waals surface area contributed by atoms with E-state index in [1.807, 2.05) is 7.05 Å². The summed E-state index contributed by atoms with van der Waals surface area (Å²) in [5, 5.41) is 6.29. The number of nitrogens with one attached hydrogen (secondary N) is 2. The van der Waals surface area contributed by atoms with Crippen LogP contribution >= 0.6 is 0 Å². The molecule has 208 valence electrons. The molecule has 2 amide bonds. The zero-order chi connectivity index (χ0) is 27.1. The zero-order valence-corrected chi connectivity index (χ0v) is 22.7. The Morgan fingerprint density at radius 3 is 2.56 bits per heavy atom. The Bertz CT molecular complexity index is 1250. The van der Waals surface area contributed by atoms with Crippen LogP contribution in [0.1, 0.15) is 74.6 Å². The number of anilines is 4. The van der Waals surface area contributed by atoms with Crippen LogP contribution in [0.3, 0.4) is 0 Å². The maximum Gasteiger partial charge on any atom is 0.251 e. The van der Waals surface area contributed by atoms with Crippen molar-refractivity contribution in [3.63, 3.8) is 0 Å². The average molecular weight is 537 g/mol. The Morgan fingerprint density at radius 2 is 1.87 bits per heavy atom. The number of methoxy groups -OCH3 is 1. The number of fused-ring (bicyclic) bond motifs is 1. The average Bonchev–Trinajstić information content (AvgIpc) is 3.55. The summed E-state index contributed by atoms with van der Waals surface area (Å²) in [7, 11) is 3.38. The molecular formula is C29H37FN6O3. The fourth-order valence-electron chi connectivity index (χ4n) is 6.37. The molecular weight excluding hydrogens is 499 g/mol. The van der Waals surface area contributed by atoms with E-state index in [1.54, 1.807) is 36.4 Å². The van der Waals surface area contributed by atoms with Crippen molar-refractivity contribution < 1.29 is 18.7 Å². The van der Waals surface area contributed by atoms with E-state index >= 15 is 0 Å². The minimum Gasteiger partial charge on any atom is -0.495 e. The second kappa shape index (κ2) is 10.3. The first-order valence-corrected chi connectivity index (χ1v) is 14.2. The molecule has 0 unspecified atom stereocenters. The number of carbonyl (C=O) groups excluding carboxylic acids is 2. The van der Waals surface area contributed by atoms with Crippen molar-refractivity contribution in [2.75, 3.05) is 35.8 Å². The van der Waals surface area contributed by atoms with Crippen molar-refractivity contribution in [1.29, 1.82) is 0 Å². The molecule has 1 aromatic heterocycles. The Kier molecular flexibility index (Phi) is 6.81. The van der Waals surface area contributed by atoms with Gasteiger partial charge in [-0.25, -0.2) is 9.37 Å². The van der Waals surface area contributed by atoms with Gasteiger partial charge < -0.3 is 25.2 Å². The summed E-state index contributed by atoms with van der Waals surface area (Å²) in [6, 6.07) is 5.57. The lowest BCUT2D eigenvalue weighted by atomic mass is 9.94. The minimum atomic E-state index is -0.764. The summed E-state index contributed by atoms with van der Waals surface area (Å²) in [6.07, 6.45) is 9.67. The first kappa shape index (κ1) is 25.8. The van der Waals surface area contributed by atoms with Gasteiger partial charge in [0, 0.05) is 31.2 Å². The van der Waals surface area contributed by atoms with Crippen LogP contribution in [-0.4, -0.2) is 60.7 Å². The number of ether oxygens (including phenoxy) is 1. The monoisotopic (exact) mass is 536 g/mol. The smallest absolute Gasteiger partial charge is 0.251 e. The molecule has 0 bridgehead atoms. The van der Waals surface area contributed by atoms with Crippen LogP contribution in [0.5, 0.6) is 5.75 Å². The summed E-state index contributed by atoms with van der Waals surface area (Å²) in [5.41, 5.74) is 1.54. The molecule has 3 aliphatic carbocycles. The van der Waals surface area contributed by atoms with Crippen molar-refractivity contribution in [2.45, 2.75) is 82.5 Å². The number of benzene rings is 1. The molecule has 0 radical (unpaired) electrons. The molecule has 1 aliphatic heterocycles. The standard InChI is InChI=1S/C29H37FN6O3/c1-35-23-16-31-28(34-25(23)36(21-5-3-4-6-21)17-29(13-14-29)27(35)38)33-22-12-7-18(15-24(22)39-2)26(37)32-20-10-8-19(30)9-11-20/h7,12,15-16,19-21H,3-6,8-11,13-14,17H2,1-2H3,(H,32,37)(H,31,33,34). The molecule has 1 aromatic carbocycles. The molecule has 2 N–H and O–H groups in total. The van der Waals surface area contributed by atoms with Crippen LogP contribution in [0.2, 0.25) is 0 Å². The molecule has 4 aliphatic rings. The maximum atomic E-state index is 13.5. The fraction of sp³-hybridized carbons (Fsp3) is 0.586. The highest BCUT2D eigenvalue weighted by molar-refractivity contribution is 6.03. The largest absolute Gasteiger partial charge is 0.495 e. The Labute approximate surface area is 228 Å². The van der Waals surface area contributed by atoms with Gasteiger partial charge in [0.05, 0.1) is 24.4 Å². The number of halogens is 1. The third-order valence-corrected chi connectivity index (χ3v) is 8.94. The zero-order valence-electron chi connectivity index (χ0n) is 22.7. The van der Waals surface area contributed by atoms with Gasteiger partial charge in [0.2, 0.25) is 11.9 Å². The molecule has 10 heteroatoms. The summed E-state index contributed by atoms with van der Waals surface area (Å²) in [6.45, 7) is 0.699. The number of rotatable bonds is 6. The second-order valence-corrected chi connectivity index (χ2v) is 11.6. The van der Waals surface area contributed by atoms with Crippen molar-refractivity contribution in [3.8, 4) is 5.75 Å². The van der Waals surface area contributed by atoms with E-state index in [9.17, 15) is 14.0 Å². The van der Waals surface area contributed by atoms with E-state index in [0.717, 1.165) is 37.2 Å². The summed E-state index contributed by atoms with van der Waals surface area (Å²) in [4.78, 5) is 39.7. The van der Waals surface area contributed by atoms with Crippen LogP contribution in [0.15, 0.2) is 24.4 Å². The van der Waals surface area contributed by atoms with Crippen LogP contribution in [0.25, 0.3) is 0 Å². The van der Waals surface area contributed by atoms with Crippen LogP contribution in [0.4, 0.5) is 27.5 Å². The van der Waals surface area contributed by atoms with Gasteiger partial charge in [-0.3, -0.25) is 9.59 Å². The van der Waals surface area contributed by atoms with Crippen LogP contribution in [0, 0.1) is 5.41 Å². The Hall–Kier alpha value is -3.43. The molecule has 0 saturated heterocycles. The third-order valence-electron chi connectivity index (χ3n) is 8.94. The SMILES string of the molecule is COc1cc(C(=O)NC2CCC(F)CC2)ccc1Nc1ncc2c(n1)N(C1CCCC1)CC1(CC1)C(=O)N2C. The molecule has 0 atom stereocenters. The molecule has 1 spiro atoms. The van der Waals surface area contributed by atoms with E-state index in [4.69, 9.17) is 9.72 Å². The van der Waals surface area contributed by atoms with E-state index in [1.165, 1.54) is 12.8 Å². The van der Waals surface area contributed by atoms with Gasteiger partial charge in [-0.2, -0.15) is 4.98 Å². The van der Waals surface area contributed by atoms with Crippen molar-refractivity contribution in [1.82, 2.24) is 15.3 Å². The van der Waals surface area contributed by atoms with E-state index in [-0.39, 0.29) is 23.3 Å². The molecule has 6 rings (SSSR count). The lowest BCUT2D eigenvalue weighted by Crippen LogP contribution is -2.41. The lowest BCUT2D eigenvalue weighted by molar-refractivity contribution is -0.122. The first-order chi connectivity index (χ1) is 18.9. The van der Waals surface area contributed by atoms with Crippen molar-refractivity contribution in [3.05, 3.63) is 30.0 Å². The number of hydrogen-bond donors (Lipinski definition) is 2.